The molecule has 0 aromatic carbocycles. The molecule has 2 heterocycles. The molecule has 21 heavy (non-hydrogen) atoms. The molecular weight excluding hydrogens is 296 g/mol. The van der Waals surface area contributed by atoms with Crippen molar-refractivity contribution in [3.63, 3.8) is 0 Å². The van der Waals surface area contributed by atoms with Crippen molar-refractivity contribution in [1.82, 2.24) is 25.3 Å². The first-order valence-electron chi connectivity index (χ1n) is 6.06. The van der Waals surface area contributed by atoms with Gasteiger partial charge in [0.1, 0.15) is 4.90 Å². The highest BCUT2D eigenvalue weighted by Gasteiger charge is 2.25. The standard InChI is InChI=1S/C11H16N6O3S/c1-6-10(7(2)14-13-6)21(19,20)16-8-5-17(4)15-9(8)11(18)12-3/h5,16H,1-4H3,(H,12,18)(H,13,14). The molecule has 0 aliphatic rings. The number of aromatic amines is 1. The van der Waals surface area contributed by atoms with Crippen molar-refractivity contribution in [2.24, 2.45) is 7.05 Å². The van der Waals surface area contributed by atoms with Gasteiger partial charge in [0.15, 0.2) is 5.69 Å². The van der Waals surface area contributed by atoms with Crippen LogP contribution in [0.25, 0.3) is 0 Å². The van der Waals surface area contributed by atoms with Crippen LogP contribution in [0.4, 0.5) is 5.69 Å². The summed E-state index contributed by atoms with van der Waals surface area (Å²) in [5.74, 6) is -0.478. The maximum Gasteiger partial charge on any atom is 0.273 e. The number of aryl methyl sites for hydroxylation is 3. The van der Waals surface area contributed by atoms with Crippen LogP contribution >= 0.6 is 0 Å². The highest BCUT2D eigenvalue weighted by atomic mass is 32.2. The molecule has 0 aliphatic heterocycles. The van der Waals surface area contributed by atoms with E-state index in [1.165, 1.54) is 17.9 Å². The minimum atomic E-state index is -3.86. The third-order valence-corrected chi connectivity index (χ3v) is 4.47. The minimum absolute atomic E-state index is 0.00220. The molecule has 0 spiro atoms. The van der Waals surface area contributed by atoms with Crippen LogP contribution in [-0.2, 0) is 17.1 Å². The summed E-state index contributed by atoms with van der Waals surface area (Å²) in [6, 6.07) is 0. The van der Waals surface area contributed by atoms with E-state index in [-0.39, 0.29) is 16.3 Å². The lowest BCUT2D eigenvalue weighted by atomic mass is 10.3. The van der Waals surface area contributed by atoms with Gasteiger partial charge in [-0.25, -0.2) is 8.42 Å². The third-order valence-electron chi connectivity index (χ3n) is 2.84. The van der Waals surface area contributed by atoms with Gasteiger partial charge in [-0.1, -0.05) is 0 Å². The van der Waals surface area contributed by atoms with Gasteiger partial charge >= 0.3 is 0 Å². The molecule has 114 valence electrons. The van der Waals surface area contributed by atoms with E-state index in [1.54, 1.807) is 20.9 Å². The Labute approximate surface area is 121 Å². The second-order valence-electron chi connectivity index (χ2n) is 4.51. The molecule has 0 unspecified atom stereocenters. The molecule has 0 atom stereocenters. The van der Waals surface area contributed by atoms with Crippen molar-refractivity contribution >= 4 is 21.6 Å². The quantitative estimate of drug-likeness (QED) is 0.729. The first-order valence-corrected chi connectivity index (χ1v) is 7.54. The van der Waals surface area contributed by atoms with Crippen LogP contribution in [0.1, 0.15) is 21.9 Å². The number of anilines is 1. The zero-order valence-electron chi connectivity index (χ0n) is 12.1. The number of carbonyl (C=O) groups excluding carboxylic acids is 1. The number of nitrogens with zero attached hydrogens (tertiary/aromatic N) is 3. The zero-order chi connectivity index (χ0) is 15.8. The summed E-state index contributed by atoms with van der Waals surface area (Å²) in [5, 5.41) is 12.8. The molecule has 10 heteroatoms. The minimum Gasteiger partial charge on any atom is -0.354 e. The summed E-state index contributed by atoms with van der Waals surface area (Å²) in [4.78, 5) is 11.8. The third kappa shape index (κ3) is 2.75. The molecule has 0 saturated heterocycles. The normalized spacial score (nSPS) is 11.4. The maximum atomic E-state index is 12.4. The average Bonchev–Trinajstić information content (AvgIpc) is 2.91. The molecule has 0 fully saturated rings. The van der Waals surface area contributed by atoms with Crippen LogP contribution in [0.2, 0.25) is 0 Å². The van der Waals surface area contributed by atoms with E-state index in [4.69, 9.17) is 0 Å². The highest BCUT2D eigenvalue weighted by molar-refractivity contribution is 7.92. The zero-order valence-corrected chi connectivity index (χ0v) is 12.9. The van der Waals surface area contributed by atoms with E-state index >= 15 is 0 Å². The molecule has 2 aromatic rings. The van der Waals surface area contributed by atoms with E-state index in [1.807, 2.05) is 0 Å². The fourth-order valence-corrected chi connectivity index (χ4v) is 3.41. The first-order chi connectivity index (χ1) is 9.76. The molecule has 1 amide bonds. The van der Waals surface area contributed by atoms with Crippen molar-refractivity contribution in [3.05, 3.63) is 23.3 Å². The molecule has 0 bridgehead atoms. The number of aromatic nitrogens is 4. The molecule has 9 nitrogen and oxygen atoms in total. The largest absolute Gasteiger partial charge is 0.354 e. The van der Waals surface area contributed by atoms with Crippen molar-refractivity contribution in [3.8, 4) is 0 Å². The molecule has 2 aromatic heterocycles. The van der Waals surface area contributed by atoms with Gasteiger partial charge in [0.2, 0.25) is 0 Å². The molecule has 2 rings (SSSR count). The van der Waals surface area contributed by atoms with Crippen molar-refractivity contribution in [2.45, 2.75) is 18.7 Å². The lowest BCUT2D eigenvalue weighted by molar-refractivity contribution is 0.0958. The molecule has 3 N–H and O–H groups in total. The van der Waals surface area contributed by atoms with Crippen molar-refractivity contribution in [1.29, 1.82) is 0 Å². The van der Waals surface area contributed by atoms with Gasteiger partial charge < -0.3 is 5.32 Å². The Hall–Kier alpha value is -2.36. The molecular formula is C11H16N6O3S. The van der Waals surface area contributed by atoms with Gasteiger partial charge in [-0.05, 0) is 13.8 Å². The fourth-order valence-electron chi connectivity index (χ4n) is 1.98. The van der Waals surface area contributed by atoms with Gasteiger partial charge in [-0.2, -0.15) is 10.2 Å². The predicted molar refractivity (Wildman–Crippen MR) is 75.5 cm³/mol. The Morgan fingerprint density at radius 3 is 2.57 bits per heavy atom. The van der Waals surface area contributed by atoms with E-state index in [2.05, 4.69) is 25.3 Å². The smallest absolute Gasteiger partial charge is 0.273 e. The topological polar surface area (TPSA) is 122 Å². The fraction of sp³-hybridized carbons (Fsp3) is 0.364. The average molecular weight is 312 g/mol. The van der Waals surface area contributed by atoms with Crippen LogP contribution in [-0.4, -0.2) is 41.4 Å². The lowest BCUT2D eigenvalue weighted by Crippen LogP contribution is -2.22. The Balaban J connectivity index is 2.45. The van der Waals surface area contributed by atoms with Crippen molar-refractivity contribution in [2.75, 3.05) is 11.8 Å². The number of rotatable bonds is 4. The molecule has 0 saturated carbocycles. The predicted octanol–water partition coefficient (Wildman–Crippen LogP) is -0.0796. The summed E-state index contributed by atoms with van der Waals surface area (Å²) in [6.07, 6.45) is 1.42. The Morgan fingerprint density at radius 1 is 1.38 bits per heavy atom. The summed E-state index contributed by atoms with van der Waals surface area (Å²) in [7, 11) is -0.819. The van der Waals surface area contributed by atoms with E-state index in [9.17, 15) is 13.2 Å². The Kier molecular flexibility index (Phi) is 3.73. The van der Waals surface area contributed by atoms with Gasteiger partial charge in [0.25, 0.3) is 15.9 Å². The van der Waals surface area contributed by atoms with Crippen LogP contribution in [0.15, 0.2) is 11.1 Å². The second kappa shape index (κ2) is 5.20. The van der Waals surface area contributed by atoms with Gasteiger partial charge in [0.05, 0.1) is 17.1 Å². The Morgan fingerprint density at radius 2 is 2.05 bits per heavy atom. The van der Waals surface area contributed by atoms with Crippen LogP contribution in [0.3, 0.4) is 0 Å². The van der Waals surface area contributed by atoms with E-state index < -0.39 is 15.9 Å². The van der Waals surface area contributed by atoms with Crippen LogP contribution < -0.4 is 10.0 Å². The number of amides is 1. The lowest BCUT2D eigenvalue weighted by Gasteiger charge is -2.07. The summed E-state index contributed by atoms with van der Waals surface area (Å²) < 4.78 is 28.6. The number of H-pyrrole nitrogens is 1. The van der Waals surface area contributed by atoms with Crippen LogP contribution in [0, 0.1) is 13.8 Å². The SMILES string of the molecule is CNC(=O)c1nn(C)cc1NS(=O)(=O)c1c(C)n[nH]c1C. The van der Waals surface area contributed by atoms with Crippen LogP contribution in [0.5, 0.6) is 0 Å². The van der Waals surface area contributed by atoms with Gasteiger partial charge in [-0.3, -0.25) is 19.3 Å². The number of sulfonamides is 1. The van der Waals surface area contributed by atoms with E-state index in [0.29, 0.717) is 11.4 Å². The van der Waals surface area contributed by atoms with Gasteiger partial charge in [0, 0.05) is 20.3 Å². The number of hydrogen-bond donors (Lipinski definition) is 3. The number of carbonyl (C=O) groups is 1. The Bertz CT molecular complexity index is 769. The monoisotopic (exact) mass is 312 g/mol. The number of nitrogens with one attached hydrogen (secondary N) is 3. The summed E-state index contributed by atoms with van der Waals surface area (Å²) >= 11 is 0. The van der Waals surface area contributed by atoms with Crippen molar-refractivity contribution < 1.29 is 13.2 Å². The summed E-state index contributed by atoms with van der Waals surface area (Å²) in [5.41, 5.74) is 0.884. The number of hydrogen-bond acceptors (Lipinski definition) is 5. The van der Waals surface area contributed by atoms with Gasteiger partial charge in [-0.15, -0.1) is 0 Å². The second-order valence-corrected chi connectivity index (χ2v) is 6.13. The maximum absolute atomic E-state index is 12.4. The molecule has 0 aliphatic carbocycles. The molecule has 0 radical (unpaired) electrons. The summed E-state index contributed by atoms with van der Waals surface area (Å²) in [6.45, 7) is 3.19. The highest BCUT2D eigenvalue weighted by Crippen LogP contribution is 2.22. The van der Waals surface area contributed by atoms with E-state index in [0.717, 1.165) is 0 Å². The first kappa shape index (κ1) is 15.0.